The van der Waals surface area contributed by atoms with E-state index < -0.39 is 21.3 Å². The van der Waals surface area contributed by atoms with Gasteiger partial charge in [-0.15, -0.1) is 24.8 Å². The van der Waals surface area contributed by atoms with Gasteiger partial charge in [0.05, 0.1) is 0 Å². The molecule has 0 saturated heterocycles. The van der Waals surface area contributed by atoms with Crippen molar-refractivity contribution in [3.05, 3.63) is 73.6 Å². The van der Waals surface area contributed by atoms with Crippen LogP contribution in [0.1, 0.15) is 141 Å². The molecule has 2 aromatic rings. The minimum atomic E-state index is -2.34. The molecule has 3 heteroatoms. The van der Waals surface area contributed by atoms with Gasteiger partial charge in [-0.25, -0.2) is 0 Å². The Kier molecular flexibility index (Phi) is 9.32. The van der Waals surface area contributed by atoms with Crippen molar-refractivity contribution in [3.63, 3.8) is 0 Å². The predicted octanol–water partition coefficient (Wildman–Crippen LogP) is 11.5. The predicted molar refractivity (Wildman–Crippen MR) is 196 cm³/mol. The van der Waals surface area contributed by atoms with Crippen molar-refractivity contribution >= 4 is 31.3 Å². The van der Waals surface area contributed by atoms with Gasteiger partial charge in [0.2, 0.25) is 0 Å². The van der Waals surface area contributed by atoms with Gasteiger partial charge < -0.3 is 0 Å². The first kappa shape index (κ1) is 34.1. The van der Waals surface area contributed by atoms with E-state index in [1.54, 1.807) is 47.1 Å². The van der Waals surface area contributed by atoms with E-state index in [1.807, 2.05) is 12.1 Å². The van der Waals surface area contributed by atoms with E-state index in [9.17, 15) is 0 Å². The summed E-state index contributed by atoms with van der Waals surface area (Å²) in [6.45, 7) is 14.5. The summed E-state index contributed by atoms with van der Waals surface area (Å²) in [6.07, 6.45) is 24.1. The largest absolute Gasteiger partial charge is 0.147 e. The summed E-state index contributed by atoms with van der Waals surface area (Å²) in [5, 5.41) is 0. The topological polar surface area (TPSA) is 0 Å². The Labute approximate surface area is 294 Å². The summed E-state index contributed by atoms with van der Waals surface area (Å²) in [5.74, 6) is 3.05. The van der Waals surface area contributed by atoms with Crippen molar-refractivity contribution in [1.82, 2.24) is 0 Å². The molecule has 0 heterocycles. The first-order valence-electron chi connectivity index (χ1n) is 17.9. The molecule has 9 rings (SSSR count). The summed E-state index contributed by atoms with van der Waals surface area (Å²) in [7, 11) is 0. The molecule has 4 bridgehead atoms. The van der Waals surface area contributed by atoms with Crippen molar-refractivity contribution in [2.75, 3.05) is 0 Å². The summed E-state index contributed by atoms with van der Waals surface area (Å²) in [6, 6.07) is 12.9. The summed E-state index contributed by atoms with van der Waals surface area (Å²) < 4.78 is 5.98. The van der Waals surface area contributed by atoms with Gasteiger partial charge >= 0.3 is 271 Å². The zero-order chi connectivity index (χ0) is 29.7. The third-order valence-corrected chi connectivity index (χ3v) is 20.7. The Morgan fingerprint density at radius 3 is 1.91 bits per heavy atom. The second-order valence-electron chi connectivity index (χ2n) is 17.8. The second kappa shape index (κ2) is 12.3. The van der Waals surface area contributed by atoms with Crippen LogP contribution in [0.15, 0.2) is 51.3 Å². The fourth-order valence-electron chi connectivity index (χ4n) is 10.9. The summed E-state index contributed by atoms with van der Waals surface area (Å²) in [5.41, 5.74) is 12.3. The van der Waals surface area contributed by atoms with Crippen LogP contribution in [0, 0.1) is 23.2 Å². The molecule has 0 radical (unpaired) electrons. The number of fused-ring (bicyclic) bond motifs is 3. The maximum Gasteiger partial charge on any atom is -0.147 e. The van der Waals surface area contributed by atoms with Crippen LogP contribution in [0.5, 0.6) is 0 Å². The Morgan fingerprint density at radius 2 is 1.31 bits per heavy atom. The molecule has 0 N–H and O–H groups in total. The zero-order valence-electron chi connectivity index (χ0n) is 28.8. The normalized spacial score (nSPS) is 28.1. The molecule has 0 spiro atoms. The minimum absolute atomic E-state index is 0. The van der Waals surface area contributed by atoms with Crippen molar-refractivity contribution < 1.29 is 21.3 Å². The molecule has 0 nitrogen and oxygen atoms in total. The molecule has 5 saturated carbocycles. The van der Waals surface area contributed by atoms with Crippen LogP contribution < -0.4 is 3.27 Å². The standard InChI is InChI=1S/C21H25.C15H19.C6H10.2ClH.Zr/c1-20(2,3)16-9-7-14-11-15-8-10-17(21(4,5)6)13-19(15)18(14)12-16;1-2-4-14(3-1)15-8-11-5-12(9-15)7-13(6-11)10-15;1-2-4-6-5-3-1;;;/h7,9-10,12-13H,11H2,1-6H3;1,3,11-13H,2,5-10H2;1-5H2;2*1H;. The number of benzene rings is 2. The van der Waals surface area contributed by atoms with E-state index in [1.165, 1.54) is 63.4 Å². The Hall–Kier alpha value is -0.747. The zero-order valence-corrected chi connectivity index (χ0v) is 32.9. The Morgan fingerprint density at radius 1 is 0.711 bits per heavy atom. The van der Waals surface area contributed by atoms with Gasteiger partial charge in [0, 0.05) is 0 Å². The first-order valence-corrected chi connectivity index (χ1v) is 21.6. The van der Waals surface area contributed by atoms with Gasteiger partial charge in [0.25, 0.3) is 0 Å². The molecule has 242 valence electrons. The molecule has 7 aliphatic carbocycles. The average Bonchev–Trinajstić information content (AvgIpc) is 3.57. The van der Waals surface area contributed by atoms with Gasteiger partial charge in [-0.2, -0.15) is 0 Å². The fourth-order valence-corrected chi connectivity index (χ4v) is 20.1. The number of halogens is 2. The summed E-state index contributed by atoms with van der Waals surface area (Å²) in [4.78, 5) is 0. The number of hydrogen-bond donors (Lipinski definition) is 0. The van der Waals surface area contributed by atoms with Crippen molar-refractivity contribution in [2.24, 2.45) is 23.2 Å². The van der Waals surface area contributed by atoms with Crippen molar-refractivity contribution in [1.29, 1.82) is 0 Å². The number of hydrogen-bond acceptors (Lipinski definition) is 0. The van der Waals surface area contributed by atoms with Gasteiger partial charge in [-0.3, -0.25) is 0 Å². The molecule has 0 atom stereocenters. The van der Waals surface area contributed by atoms with Crippen LogP contribution in [0.3, 0.4) is 0 Å². The molecular formula is C42H56Cl2Zr. The summed E-state index contributed by atoms with van der Waals surface area (Å²) >= 11 is -2.34. The Bertz CT molecular complexity index is 1540. The third-order valence-electron chi connectivity index (χ3n) is 12.7. The fraction of sp³-hybridized carbons (Fsp3) is 0.595. The molecule has 0 aliphatic heterocycles. The van der Waals surface area contributed by atoms with E-state index in [4.69, 9.17) is 0 Å². The quantitative estimate of drug-likeness (QED) is 0.253. The first-order chi connectivity index (χ1) is 20.5. The SMILES string of the molecule is CC(C)(C)c1ccc2c(c1)-c1cc(C(C)(C)C)c[c]([Zr]([C]3=C(C45CC6CC(CC(C6)C4)C5)C=CC3)=[C]3CCCCC3)c1C2.Cl.Cl. The molecular weight excluding hydrogens is 667 g/mol. The molecule has 45 heavy (non-hydrogen) atoms. The maximum absolute atomic E-state index is 2.80. The van der Waals surface area contributed by atoms with E-state index in [0.29, 0.717) is 5.41 Å². The van der Waals surface area contributed by atoms with Crippen LogP contribution in [0.2, 0.25) is 0 Å². The van der Waals surface area contributed by atoms with Crippen LogP contribution in [-0.4, -0.2) is 3.21 Å². The number of allylic oxidation sites excluding steroid dienone is 4. The molecule has 0 amide bonds. The van der Waals surface area contributed by atoms with Gasteiger partial charge in [-0.05, 0) is 0 Å². The number of rotatable bonds is 3. The van der Waals surface area contributed by atoms with Gasteiger partial charge in [0.15, 0.2) is 0 Å². The smallest absolute Gasteiger partial charge is 0.147 e. The van der Waals surface area contributed by atoms with E-state index in [2.05, 4.69) is 87.2 Å². The van der Waals surface area contributed by atoms with Crippen LogP contribution >= 0.6 is 24.8 Å². The molecule has 2 aromatic carbocycles. The van der Waals surface area contributed by atoms with E-state index in [-0.39, 0.29) is 35.6 Å². The van der Waals surface area contributed by atoms with Crippen molar-refractivity contribution in [2.45, 2.75) is 136 Å². The van der Waals surface area contributed by atoms with E-state index >= 15 is 0 Å². The van der Waals surface area contributed by atoms with Crippen LogP contribution in [0.4, 0.5) is 0 Å². The van der Waals surface area contributed by atoms with Gasteiger partial charge in [0.1, 0.15) is 0 Å². The van der Waals surface area contributed by atoms with Crippen LogP contribution in [-0.2, 0) is 38.5 Å². The maximum atomic E-state index is 2.80. The molecule has 5 fully saturated rings. The van der Waals surface area contributed by atoms with Gasteiger partial charge in [-0.1, -0.05) is 0 Å². The third kappa shape index (κ3) is 5.95. The molecule has 0 aromatic heterocycles. The monoisotopic (exact) mass is 720 g/mol. The average molecular weight is 723 g/mol. The van der Waals surface area contributed by atoms with Crippen LogP contribution in [0.25, 0.3) is 11.1 Å². The second-order valence-corrected chi connectivity index (χ2v) is 24.2. The van der Waals surface area contributed by atoms with Crippen molar-refractivity contribution in [3.8, 4) is 11.1 Å². The van der Waals surface area contributed by atoms with E-state index in [0.717, 1.165) is 24.2 Å². The Balaban J connectivity index is 0.00000179. The molecule has 7 aliphatic rings. The molecule has 0 unspecified atom stereocenters. The minimum Gasteiger partial charge on any atom is -0.147 e.